The van der Waals surface area contributed by atoms with Gasteiger partial charge in [0.05, 0.1) is 0 Å². The van der Waals surface area contributed by atoms with Crippen molar-refractivity contribution in [2.75, 3.05) is 46.3 Å². The molecule has 3 heterocycles. The zero-order valence-electron chi connectivity index (χ0n) is 14.6. The molecule has 0 saturated carbocycles. The Labute approximate surface area is 138 Å². The van der Waals surface area contributed by atoms with Crippen LogP contribution in [0.3, 0.4) is 0 Å². The number of aryl methyl sites for hydroxylation is 1. The van der Waals surface area contributed by atoms with E-state index in [2.05, 4.69) is 33.7 Å². The van der Waals surface area contributed by atoms with Crippen LogP contribution in [0.5, 0.6) is 0 Å². The van der Waals surface area contributed by atoms with Gasteiger partial charge in [0.25, 0.3) is 5.91 Å². The summed E-state index contributed by atoms with van der Waals surface area (Å²) in [5, 5.41) is 0. The Morgan fingerprint density at radius 2 is 1.87 bits per heavy atom. The molecular formula is C17H29N5O. The van der Waals surface area contributed by atoms with E-state index in [-0.39, 0.29) is 5.91 Å². The summed E-state index contributed by atoms with van der Waals surface area (Å²) < 4.78 is 0. The molecule has 0 spiro atoms. The van der Waals surface area contributed by atoms with E-state index >= 15 is 0 Å². The van der Waals surface area contributed by atoms with Gasteiger partial charge in [0, 0.05) is 57.2 Å². The maximum Gasteiger partial charge on any atom is 0.289 e. The van der Waals surface area contributed by atoms with Crippen LogP contribution < -0.4 is 0 Å². The summed E-state index contributed by atoms with van der Waals surface area (Å²) in [4.78, 5) is 26.6. The van der Waals surface area contributed by atoms with E-state index in [1.54, 1.807) is 6.20 Å². The van der Waals surface area contributed by atoms with Crippen molar-refractivity contribution in [1.82, 2.24) is 24.7 Å². The fourth-order valence-corrected chi connectivity index (χ4v) is 3.78. The predicted molar refractivity (Wildman–Crippen MR) is 90.5 cm³/mol. The van der Waals surface area contributed by atoms with Crippen LogP contribution in [-0.2, 0) is 0 Å². The molecule has 0 aromatic carbocycles. The molecule has 3 rings (SSSR count). The highest BCUT2D eigenvalue weighted by Gasteiger charge is 2.31. The van der Waals surface area contributed by atoms with Gasteiger partial charge in [0.2, 0.25) is 0 Å². The molecule has 2 fully saturated rings. The van der Waals surface area contributed by atoms with Crippen molar-refractivity contribution in [2.24, 2.45) is 5.92 Å². The molecule has 1 aromatic rings. The first-order chi connectivity index (χ1) is 11.0. The molecule has 1 atom stereocenters. The quantitative estimate of drug-likeness (QED) is 0.910. The first-order valence-electron chi connectivity index (χ1n) is 8.78. The summed E-state index contributed by atoms with van der Waals surface area (Å²) in [5.41, 5.74) is 0.937. The lowest BCUT2D eigenvalue weighted by Crippen LogP contribution is -2.52. The lowest BCUT2D eigenvalue weighted by molar-refractivity contribution is 0.0493. The van der Waals surface area contributed by atoms with Crippen molar-refractivity contribution < 1.29 is 4.79 Å². The van der Waals surface area contributed by atoms with Crippen LogP contribution in [-0.4, -0.2) is 82.9 Å². The predicted octanol–water partition coefficient (Wildman–Crippen LogP) is 1.21. The Morgan fingerprint density at radius 3 is 2.43 bits per heavy atom. The Kier molecular flexibility index (Phi) is 5.02. The van der Waals surface area contributed by atoms with Crippen molar-refractivity contribution in [3.63, 3.8) is 0 Å². The highest BCUT2D eigenvalue weighted by molar-refractivity contribution is 5.90. The van der Waals surface area contributed by atoms with Crippen LogP contribution in [0.1, 0.15) is 36.1 Å². The minimum absolute atomic E-state index is 0.0452. The monoisotopic (exact) mass is 319 g/mol. The van der Waals surface area contributed by atoms with Gasteiger partial charge in [-0.15, -0.1) is 0 Å². The Hall–Kier alpha value is -1.40. The van der Waals surface area contributed by atoms with Gasteiger partial charge in [0.1, 0.15) is 0 Å². The van der Waals surface area contributed by atoms with E-state index in [1.807, 2.05) is 11.8 Å². The minimum Gasteiger partial charge on any atom is -0.338 e. The topological polar surface area (TPSA) is 55.5 Å². The van der Waals surface area contributed by atoms with Crippen LogP contribution in [0.15, 0.2) is 6.20 Å². The second kappa shape index (κ2) is 7.01. The standard InChI is InChI=1S/C17H29N5O/c1-13-12-18-16(19-13)17(23)22-6-4-15(5-7-22)14(2)21-10-8-20(3)9-11-21/h12,14-15H,4-11H2,1-3H3,(H,18,19)/t14-/m1/s1. The molecule has 2 aliphatic rings. The third-order valence-corrected chi connectivity index (χ3v) is 5.53. The average molecular weight is 319 g/mol. The number of rotatable bonds is 3. The molecule has 0 radical (unpaired) electrons. The molecule has 2 aliphatic heterocycles. The number of H-pyrrole nitrogens is 1. The van der Waals surface area contributed by atoms with Crippen molar-refractivity contribution in [1.29, 1.82) is 0 Å². The van der Waals surface area contributed by atoms with Crippen molar-refractivity contribution >= 4 is 5.91 Å². The first-order valence-corrected chi connectivity index (χ1v) is 8.78. The fourth-order valence-electron chi connectivity index (χ4n) is 3.78. The highest BCUT2D eigenvalue weighted by Crippen LogP contribution is 2.25. The van der Waals surface area contributed by atoms with Crippen LogP contribution in [0.25, 0.3) is 0 Å². The summed E-state index contributed by atoms with van der Waals surface area (Å²) in [6.07, 6.45) is 3.91. The number of likely N-dealkylation sites (tertiary alicyclic amines) is 1. The lowest BCUT2D eigenvalue weighted by atomic mass is 9.89. The largest absolute Gasteiger partial charge is 0.338 e. The second-order valence-corrected chi connectivity index (χ2v) is 7.12. The van der Waals surface area contributed by atoms with Crippen molar-refractivity contribution in [2.45, 2.75) is 32.7 Å². The number of carbonyl (C=O) groups excluding carboxylic acids is 1. The molecule has 23 heavy (non-hydrogen) atoms. The Balaban J connectivity index is 1.51. The number of likely N-dealkylation sites (N-methyl/N-ethyl adjacent to an activating group) is 1. The zero-order chi connectivity index (χ0) is 16.4. The van der Waals surface area contributed by atoms with Gasteiger partial charge < -0.3 is 14.8 Å². The maximum absolute atomic E-state index is 12.4. The number of imidazole rings is 1. The van der Waals surface area contributed by atoms with E-state index < -0.39 is 0 Å². The van der Waals surface area contributed by atoms with E-state index in [4.69, 9.17) is 0 Å². The third-order valence-electron chi connectivity index (χ3n) is 5.53. The molecule has 0 aliphatic carbocycles. The molecule has 1 amide bonds. The van der Waals surface area contributed by atoms with Gasteiger partial charge in [-0.25, -0.2) is 4.98 Å². The first kappa shape index (κ1) is 16.5. The summed E-state index contributed by atoms with van der Waals surface area (Å²) in [5.74, 6) is 1.22. The molecule has 1 aromatic heterocycles. The van der Waals surface area contributed by atoms with Crippen LogP contribution >= 0.6 is 0 Å². The molecule has 6 heteroatoms. The summed E-state index contributed by atoms with van der Waals surface area (Å²) in [7, 11) is 2.20. The van der Waals surface area contributed by atoms with Crippen molar-refractivity contribution in [3.05, 3.63) is 17.7 Å². The van der Waals surface area contributed by atoms with Gasteiger partial charge in [-0.2, -0.15) is 0 Å². The zero-order valence-corrected chi connectivity index (χ0v) is 14.6. The number of hydrogen-bond acceptors (Lipinski definition) is 4. The molecule has 6 nitrogen and oxygen atoms in total. The molecule has 128 valence electrons. The van der Waals surface area contributed by atoms with E-state index in [0.29, 0.717) is 17.8 Å². The van der Waals surface area contributed by atoms with Crippen LogP contribution in [0.2, 0.25) is 0 Å². The molecule has 2 saturated heterocycles. The average Bonchev–Trinajstić information content (AvgIpc) is 3.01. The second-order valence-electron chi connectivity index (χ2n) is 7.12. The van der Waals surface area contributed by atoms with Gasteiger partial charge in [0.15, 0.2) is 5.82 Å². The number of nitrogens with zero attached hydrogens (tertiary/aromatic N) is 4. The third kappa shape index (κ3) is 3.75. The normalized spacial score (nSPS) is 23.2. The van der Waals surface area contributed by atoms with E-state index in [1.165, 1.54) is 26.2 Å². The van der Waals surface area contributed by atoms with Crippen molar-refractivity contribution in [3.8, 4) is 0 Å². The minimum atomic E-state index is 0.0452. The van der Waals surface area contributed by atoms with Gasteiger partial charge in [-0.05, 0) is 39.7 Å². The van der Waals surface area contributed by atoms with Gasteiger partial charge in [-0.1, -0.05) is 0 Å². The van der Waals surface area contributed by atoms with E-state index in [9.17, 15) is 4.79 Å². The van der Waals surface area contributed by atoms with Gasteiger partial charge >= 0.3 is 0 Å². The number of nitrogens with one attached hydrogen (secondary N) is 1. The Morgan fingerprint density at radius 1 is 1.22 bits per heavy atom. The summed E-state index contributed by atoms with van der Waals surface area (Å²) in [6, 6.07) is 0.617. The maximum atomic E-state index is 12.4. The summed E-state index contributed by atoms with van der Waals surface area (Å²) >= 11 is 0. The molecule has 1 N–H and O–H groups in total. The number of carbonyl (C=O) groups is 1. The van der Waals surface area contributed by atoms with Gasteiger partial charge in [-0.3, -0.25) is 9.69 Å². The Bertz CT molecular complexity index is 527. The number of amides is 1. The van der Waals surface area contributed by atoms with Crippen LogP contribution in [0.4, 0.5) is 0 Å². The number of hydrogen-bond donors (Lipinski definition) is 1. The van der Waals surface area contributed by atoms with E-state index in [0.717, 1.165) is 31.6 Å². The molecule has 0 bridgehead atoms. The molecule has 0 unspecified atom stereocenters. The number of piperidine rings is 1. The number of piperazine rings is 1. The van der Waals surface area contributed by atoms with Crippen LogP contribution in [0, 0.1) is 12.8 Å². The smallest absolute Gasteiger partial charge is 0.289 e. The number of aromatic nitrogens is 2. The fraction of sp³-hybridized carbons (Fsp3) is 0.765. The number of aromatic amines is 1. The lowest BCUT2D eigenvalue weighted by Gasteiger charge is -2.42. The summed E-state index contributed by atoms with van der Waals surface area (Å²) in [6.45, 7) is 10.7. The highest BCUT2D eigenvalue weighted by atomic mass is 16.2. The molecular weight excluding hydrogens is 290 g/mol. The SMILES string of the molecule is Cc1cnc(C(=O)N2CCC([C@@H](C)N3CCN(C)CC3)CC2)[nH]1.